The maximum Gasteiger partial charge on any atom is 0.237 e. The summed E-state index contributed by atoms with van der Waals surface area (Å²) in [5.74, 6) is 0.925. The normalized spacial score (nSPS) is 22.9. The Labute approximate surface area is 103 Å². The quantitative estimate of drug-likeness (QED) is 0.893. The number of carbonyl (C=O) groups excluding carboxylic acids is 1. The molecule has 2 rings (SSSR count). The summed E-state index contributed by atoms with van der Waals surface area (Å²) in [5.41, 5.74) is 0. The van der Waals surface area contributed by atoms with Crippen LogP contribution in [0.3, 0.4) is 0 Å². The van der Waals surface area contributed by atoms with Crippen LogP contribution < -0.4 is 10.6 Å². The van der Waals surface area contributed by atoms with Crippen LogP contribution >= 0.6 is 15.9 Å². The van der Waals surface area contributed by atoms with E-state index in [4.69, 9.17) is 4.42 Å². The summed E-state index contributed by atoms with van der Waals surface area (Å²) in [5, 5.41) is 6.12. The Hall–Kier alpha value is -0.810. The van der Waals surface area contributed by atoms with E-state index in [0.717, 1.165) is 25.1 Å². The van der Waals surface area contributed by atoms with E-state index in [9.17, 15) is 4.79 Å². The highest BCUT2D eigenvalue weighted by molar-refractivity contribution is 9.10. The summed E-state index contributed by atoms with van der Waals surface area (Å²) in [4.78, 5) is 11.6. The highest BCUT2D eigenvalue weighted by Gasteiger charge is 2.24. The van der Waals surface area contributed by atoms with Crippen LogP contribution in [0.5, 0.6) is 0 Å². The Morgan fingerprint density at radius 1 is 1.62 bits per heavy atom. The van der Waals surface area contributed by atoms with Crippen LogP contribution in [0.1, 0.15) is 31.6 Å². The Bertz CT molecular complexity index is 378. The van der Waals surface area contributed by atoms with Crippen molar-refractivity contribution in [3.63, 3.8) is 0 Å². The summed E-state index contributed by atoms with van der Waals surface area (Å²) in [6, 6.07) is 3.70. The van der Waals surface area contributed by atoms with Gasteiger partial charge in [0.1, 0.15) is 5.76 Å². The second-order valence-electron chi connectivity index (χ2n) is 4.02. The molecule has 1 amide bonds. The van der Waals surface area contributed by atoms with Crippen molar-refractivity contribution in [2.75, 3.05) is 6.54 Å². The molecule has 1 aromatic heterocycles. The first-order valence-corrected chi connectivity index (χ1v) is 6.25. The molecule has 0 spiro atoms. The number of amides is 1. The van der Waals surface area contributed by atoms with Gasteiger partial charge in [0.25, 0.3) is 0 Å². The van der Waals surface area contributed by atoms with E-state index in [1.54, 1.807) is 0 Å². The summed E-state index contributed by atoms with van der Waals surface area (Å²) in [7, 11) is 0. The van der Waals surface area contributed by atoms with Crippen molar-refractivity contribution >= 4 is 21.8 Å². The van der Waals surface area contributed by atoms with E-state index < -0.39 is 0 Å². The Morgan fingerprint density at radius 3 is 3.06 bits per heavy atom. The van der Waals surface area contributed by atoms with Crippen molar-refractivity contribution < 1.29 is 9.21 Å². The minimum Gasteiger partial charge on any atom is -0.453 e. The van der Waals surface area contributed by atoms with Gasteiger partial charge in [-0.25, -0.2) is 0 Å². The van der Waals surface area contributed by atoms with Crippen molar-refractivity contribution in [2.24, 2.45) is 0 Å². The lowest BCUT2D eigenvalue weighted by molar-refractivity contribution is -0.124. The third-order valence-electron chi connectivity index (χ3n) is 2.76. The van der Waals surface area contributed by atoms with Crippen LogP contribution in [0, 0.1) is 0 Å². The summed E-state index contributed by atoms with van der Waals surface area (Å²) < 4.78 is 6.16. The molecule has 1 aliphatic rings. The summed E-state index contributed by atoms with van der Waals surface area (Å²) >= 11 is 3.26. The second kappa shape index (κ2) is 5.01. The van der Waals surface area contributed by atoms with Crippen molar-refractivity contribution in [3.05, 3.63) is 22.6 Å². The molecular weight excluding hydrogens is 272 g/mol. The average Bonchev–Trinajstić information content (AvgIpc) is 2.68. The van der Waals surface area contributed by atoms with Gasteiger partial charge in [0.15, 0.2) is 4.67 Å². The van der Waals surface area contributed by atoms with E-state index in [1.165, 1.54) is 0 Å². The van der Waals surface area contributed by atoms with Gasteiger partial charge in [0, 0.05) is 6.54 Å². The van der Waals surface area contributed by atoms with Gasteiger partial charge >= 0.3 is 0 Å². The van der Waals surface area contributed by atoms with Crippen molar-refractivity contribution in [2.45, 2.75) is 31.8 Å². The van der Waals surface area contributed by atoms with Crippen LogP contribution in [0.2, 0.25) is 0 Å². The number of hydrogen-bond donors (Lipinski definition) is 2. The van der Waals surface area contributed by atoms with Gasteiger partial charge < -0.3 is 9.73 Å². The monoisotopic (exact) mass is 286 g/mol. The SMILES string of the molecule is CC(NC1CCCNC1=O)c1ccc(Br)o1. The van der Waals surface area contributed by atoms with Crippen LogP contribution in [-0.4, -0.2) is 18.5 Å². The molecule has 2 N–H and O–H groups in total. The standard InChI is InChI=1S/C11H15BrN2O2/c1-7(9-4-5-10(12)16-9)14-8-3-2-6-13-11(8)15/h4-5,7-8,14H,2-3,6H2,1H3,(H,13,15). The van der Waals surface area contributed by atoms with Gasteiger partial charge in [-0.05, 0) is 47.8 Å². The molecule has 1 aliphatic heterocycles. The second-order valence-corrected chi connectivity index (χ2v) is 4.80. The third-order valence-corrected chi connectivity index (χ3v) is 3.18. The minimum atomic E-state index is -0.104. The molecule has 0 aromatic carbocycles. The molecule has 1 aromatic rings. The molecule has 2 atom stereocenters. The molecule has 88 valence electrons. The fourth-order valence-corrected chi connectivity index (χ4v) is 2.20. The lowest BCUT2D eigenvalue weighted by Gasteiger charge is -2.25. The van der Waals surface area contributed by atoms with Gasteiger partial charge in [-0.15, -0.1) is 0 Å². The molecule has 16 heavy (non-hydrogen) atoms. The Kier molecular flexibility index (Phi) is 3.66. The maximum absolute atomic E-state index is 11.6. The van der Waals surface area contributed by atoms with E-state index in [-0.39, 0.29) is 18.0 Å². The number of rotatable bonds is 3. The zero-order valence-electron chi connectivity index (χ0n) is 9.13. The highest BCUT2D eigenvalue weighted by atomic mass is 79.9. The lowest BCUT2D eigenvalue weighted by atomic mass is 10.1. The Morgan fingerprint density at radius 2 is 2.44 bits per heavy atom. The number of nitrogens with one attached hydrogen (secondary N) is 2. The molecule has 5 heteroatoms. The van der Waals surface area contributed by atoms with Gasteiger partial charge in [-0.3, -0.25) is 10.1 Å². The molecule has 2 heterocycles. The fraction of sp³-hybridized carbons (Fsp3) is 0.545. The smallest absolute Gasteiger partial charge is 0.237 e. The fourth-order valence-electron chi connectivity index (χ4n) is 1.88. The average molecular weight is 287 g/mol. The third kappa shape index (κ3) is 2.65. The van der Waals surface area contributed by atoms with E-state index >= 15 is 0 Å². The first-order valence-electron chi connectivity index (χ1n) is 5.46. The van der Waals surface area contributed by atoms with E-state index in [1.807, 2.05) is 19.1 Å². The van der Waals surface area contributed by atoms with Gasteiger partial charge in [-0.2, -0.15) is 0 Å². The topological polar surface area (TPSA) is 54.3 Å². The maximum atomic E-state index is 11.6. The largest absolute Gasteiger partial charge is 0.453 e. The minimum absolute atomic E-state index is 0.0418. The van der Waals surface area contributed by atoms with E-state index in [0.29, 0.717) is 4.67 Å². The molecule has 0 saturated carbocycles. The van der Waals surface area contributed by atoms with Crippen LogP contribution in [0.15, 0.2) is 21.2 Å². The Balaban J connectivity index is 1.96. The molecule has 0 aliphatic carbocycles. The number of carbonyl (C=O) groups is 1. The van der Waals surface area contributed by atoms with E-state index in [2.05, 4.69) is 26.6 Å². The summed E-state index contributed by atoms with van der Waals surface area (Å²) in [6.07, 6.45) is 1.91. The van der Waals surface area contributed by atoms with Gasteiger partial charge in [-0.1, -0.05) is 0 Å². The predicted molar refractivity (Wildman–Crippen MR) is 64.0 cm³/mol. The summed E-state index contributed by atoms with van der Waals surface area (Å²) in [6.45, 7) is 2.78. The van der Waals surface area contributed by atoms with Gasteiger partial charge in [0.2, 0.25) is 5.91 Å². The van der Waals surface area contributed by atoms with Gasteiger partial charge in [0.05, 0.1) is 12.1 Å². The van der Waals surface area contributed by atoms with Crippen LogP contribution in [-0.2, 0) is 4.79 Å². The lowest BCUT2D eigenvalue weighted by Crippen LogP contribution is -2.48. The first kappa shape index (κ1) is 11.7. The highest BCUT2D eigenvalue weighted by Crippen LogP contribution is 2.21. The number of furan rings is 1. The zero-order chi connectivity index (χ0) is 11.5. The molecule has 0 radical (unpaired) electrons. The number of piperidine rings is 1. The first-order chi connectivity index (χ1) is 7.66. The predicted octanol–water partition coefficient (Wildman–Crippen LogP) is 1.97. The molecule has 0 bridgehead atoms. The molecule has 2 unspecified atom stereocenters. The molecule has 1 fully saturated rings. The molecule has 1 saturated heterocycles. The molecular formula is C11H15BrN2O2. The van der Waals surface area contributed by atoms with Crippen molar-refractivity contribution in [1.29, 1.82) is 0 Å². The molecule has 4 nitrogen and oxygen atoms in total. The van der Waals surface area contributed by atoms with Crippen LogP contribution in [0.25, 0.3) is 0 Å². The number of hydrogen-bond acceptors (Lipinski definition) is 3. The van der Waals surface area contributed by atoms with Crippen molar-refractivity contribution in [1.82, 2.24) is 10.6 Å². The van der Waals surface area contributed by atoms with Crippen LogP contribution in [0.4, 0.5) is 0 Å². The van der Waals surface area contributed by atoms with Crippen molar-refractivity contribution in [3.8, 4) is 0 Å². The number of halogens is 1. The zero-order valence-corrected chi connectivity index (χ0v) is 10.7.